The van der Waals surface area contributed by atoms with Crippen LogP contribution in [0.15, 0.2) is 23.1 Å². The van der Waals surface area contributed by atoms with Gasteiger partial charge in [0.1, 0.15) is 0 Å². The molecule has 1 aromatic rings. The van der Waals surface area contributed by atoms with Gasteiger partial charge in [0.25, 0.3) is 5.91 Å². The van der Waals surface area contributed by atoms with Crippen LogP contribution in [0.1, 0.15) is 22.8 Å². The number of aryl methyl sites for hydroxylation is 1. The summed E-state index contributed by atoms with van der Waals surface area (Å²) in [5, 5.41) is 0. The Morgan fingerprint density at radius 3 is 2.52 bits per heavy atom. The third-order valence-corrected chi connectivity index (χ3v) is 5.16. The van der Waals surface area contributed by atoms with Gasteiger partial charge >= 0.3 is 0 Å². The molecule has 1 fully saturated rings. The number of amides is 1. The van der Waals surface area contributed by atoms with Gasteiger partial charge in [-0.25, -0.2) is 8.42 Å². The van der Waals surface area contributed by atoms with Gasteiger partial charge in [0.15, 0.2) is 9.84 Å². The summed E-state index contributed by atoms with van der Waals surface area (Å²) in [7, 11) is -1.29. The van der Waals surface area contributed by atoms with Gasteiger partial charge in [-0.2, -0.15) is 0 Å². The van der Waals surface area contributed by atoms with E-state index in [9.17, 15) is 13.2 Å². The van der Waals surface area contributed by atoms with Gasteiger partial charge in [0.2, 0.25) is 0 Å². The van der Waals surface area contributed by atoms with E-state index in [1.165, 1.54) is 12.3 Å². The standard InChI is InChI=1S/C15H22N2O3S/c1-11-5-6-13(9-14(11)21(4,19)20)15(18)17-8-7-16(3)10-12(17)2/h5-6,9,12H,7-8,10H2,1-4H3/t12-/m0/s1. The van der Waals surface area contributed by atoms with E-state index in [4.69, 9.17) is 0 Å². The SMILES string of the molecule is Cc1ccc(C(=O)N2CCN(C)C[C@@H]2C)cc1S(C)(=O)=O. The number of piperazine rings is 1. The number of carbonyl (C=O) groups is 1. The fourth-order valence-electron chi connectivity index (χ4n) is 2.74. The van der Waals surface area contributed by atoms with Crippen LogP contribution in [-0.2, 0) is 9.84 Å². The van der Waals surface area contributed by atoms with Crippen molar-refractivity contribution in [1.29, 1.82) is 0 Å². The normalized spacial score (nSPS) is 20.6. The van der Waals surface area contributed by atoms with Crippen LogP contribution in [0.5, 0.6) is 0 Å². The van der Waals surface area contributed by atoms with Gasteiger partial charge < -0.3 is 9.80 Å². The van der Waals surface area contributed by atoms with Gasteiger partial charge in [-0.1, -0.05) is 6.07 Å². The van der Waals surface area contributed by atoms with Gasteiger partial charge in [-0.3, -0.25) is 4.79 Å². The van der Waals surface area contributed by atoms with Crippen LogP contribution < -0.4 is 0 Å². The van der Waals surface area contributed by atoms with E-state index in [0.717, 1.165) is 13.1 Å². The maximum atomic E-state index is 12.6. The second-order valence-corrected chi connectivity index (χ2v) is 7.85. The zero-order valence-electron chi connectivity index (χ0n) is 13.0. The van der Waals surface area contributed by atoms with Crippen LogP contribution >= 0.6 is 0 Å². The highest BCUT2D eigenvalue weighted by Gasteiger charge is 2.27. The lowest BCUT2D eigenvalue weighted by molar-refractivity contribution is 0.0533. The Bertz CT molecular complexity index is 655. The largest absolute Gasteiger partial charge is 0.333 e. The molecule has 1 aliphatic heterocycles. The van der Waals surface area contributed by atoms with Crippen molar-refractivity contribution in [2.75, 3.05) is 32.9 Å². The highest BCUT2D eigenvalue weighted by molar-refractivity contribution is 7.90. The van der Waals surface area contributed by atoms with Gasteiger partial charge in [-0.15, -0.1) is 0 Å². The molecule has 1 saturated heterocycles. The van der Waals surface area contributed by atoms with E-state index in [1.807, 2.05) is 18.9 Å². The molecular formula is C15H22N2O3S. The quantitative estimate of drug-likeness (QED) is 0.823. The Kier molecular flexibility index (Phi) is 4.39. The Morgan fingerprint density at radius 1 is 1.29 bits per heavy atom. The topological polar surface area (TPSA) is 57.7 Å². The van der Waals surface area contributed by atoms with Gasteiger partial charge in [0, 0.05) is 37.5 Å². The Labute approximate surface area is 126 Å². The number of hydrogen-bond acceptors (Lipinski definition) is 4. The lowest BCUT2D eigenvalue weighted by Gasteiger charge is -2.38. The Morgan fingerprint density at radius 2 is 1.95 bits per heavy atom. The second kappa shape index (κ2) is 5.77. The molecule has 1 aromatic carbocycles. The zero-order chi connectivity index (χ0) is 15.8. The highest BCUT2D eigenvalue weighted by Crippen LogP contribution is 2.20. The first-order chi connectivity index (χ1) is 9.70. The van der Waals surface area contributed by atoms with Crippen molar-refractivity contribution >= 4 is 15.7 Å². The van der Waals surface area contributed by atoms with Crippen molar-refractivity contribution in [1.82, 2.24) is 9.80 Å². The molecule has 0 unspecified atom stereocenters. The third kappa shape index (κ3) is 3.44. The van der Waals surface area contributed by atoms with Crippen LogP contribution in [-0.4, -0.2) is 63.1 Å². The fourth-order valence-corrected chi connectivity index (χ4v) is 3.73. The summed E-state index contributed by atoms with van der Waals surface area (Å²) < 4.78 is 23.6. The molecule has 0 aliphatic carbocycles. The van der Waals surface area contributed by atoms with Crippen molar-refractivity contribution in [2.45, 2.75) is 24.8 Å². The third-order valence-electron chi connectivity index (χ3n) is 3.93. The molecule has 1 aliphatic rings. The van der Waals surface area contributed by atoms with E-state index in [1.54, 1.807) is 19.1 Å². The Hall–Kier alpha value is -1.40. The van der Waals surface area contributed by atoms with Crippen molar-refractivity contribution < 1.29 is 13.2 Å². The van der Waals surface area contributed by atoms with E-state index in [2.05, 4.69) is 4.90 Å². The fraction of sp³-hybridized carbons (Fsp3) is 0.533. The molecule has 116 valence electrons. The van der Waals surface area contributed by atoms with Crippen LogP contribution in [0.4, 0.5) is 0 Å². The first-order valence-electron chi connectivity index (χ1n) is 7.00. The molecule has 6 heteroatoms. The van der Waals surface area contributed by atoms with Crippen LogP contribution in [0.25, 0.3) is 0 Å². The Balaban J connectivity index is 2.32. The van der Waals surface area contributed by atoms with Gasteiger partial charge in [0.05, 0.1) is 4.90 Å². The molecule has 0 radical (unpaired) electrons. The molecule has 5 nitrogen and oxygen atoms in total. The molecule has 21 heavy (non-hydrogen) atoms. The van der Waals surface area contributed by atoms with E-state index in [0.29, 0.717) is 17.7 Å². The number of sulfone groups is 1. The summed E-state index contributed by atoms with van der Waals surface area (Å²) in [6.07, 6.45) is 1.17. The maximum absolute atomic E-state index is 12.6. The molecule has 0 N–H and O–H groups in total. The molecule has 0 saturated carbocycles. The highest BCUT2D eigenvalue weighted by atomic mass is 32.2. The first-order valence-corrected chi connectivity index (χ1v) is 8.89. The van der Waals surface area contributed by atoms with Crippen LogP contribution in [0, 0.1) is 6.92 Å². The molecule has 2 rings (SSSR count). The summed E-state index contributed by atoms with van der Waals surface area (Å²) in [5.74, 6) is -0.0968. The summed E-state index contributed by atoms with van der Waals surface area (Å²) in [4.78, 5) is 16.9. The molecule has 0 aromatic heterocycles. The van der Waals surface area contributed by atoms with E-state index < -0.39 is 9.84 Å². The number of rotatable bonds is 2. The monoisotopic (exact) mass is 310 g/mol. The molecule has 1 amide bonds. The average Bonchev–Trinajstić information content (AvgIpc) is 2.37. The van der Waals surface area contributed by atoms with Gasteiger partial charge in [-0.05, 0) is 38.6 Å². The summed E-state index contributed by atoms with van der Waals surface area (Å²) >= 11 is 0. The second-order valence-electron chi connectivity index (χ2n) is 5.86. The van der Waals surface area contributed by atoms with Crippen molar-refractivity contribution in [3.05, 3.63) is 29.3 Å². The number of benzene rings is 1. The van der Waals surface area contributed by atoms with Crippen molar-refractivity contribution in [2.24, 2.45) is 0 Å². The van der Waals surface area contributed by atoms with Crippen LogP contribution in [0.2, 0.25) is 0 Å². The predicted molar refractivity (Wildman–Crippen MR) is 82.3 cm³/mol. The number of nitrogens with zero attached hydrogens (tertiary/aromatic N) is 2. The smallest absolute Gasteiger partial charge is 0.254 e. The predicted octanol–water partition coefficient (Wildman–Crippen LogP) is 1.17. The zero-order valence-corrected chi connectivity index (χ0v) is 13.8. The van der Waals surface area contributed by atoms with Crippen molar-refractivity contribution in [3.63, 3.8) is 0 Å². The minimum absolute atomic E-state index is 0.0968. The van der Waals surface area contributed by atoms with Crippen molar-refractivity contribution in [3.8, 4) is 0 Å². The minimum Gasteiger partial charge on any atom is -0.333 e. The lowest BCUT2D eigenvalue weighted by atomic mass is 10.1. The average molecular weight is 310 g/mol. The molecule has 1 atom stereocenters. The first kappa shape index (κ1) is 16.0. The molecule has 0 spiro atoms. The number of hydrogen-bond donors (Lipinski definition) is 0. The summed E-state index contributed by atoms with van der Waals surface area (Å²) in [6.45, 7) is 6.08. The molecule has 1 heterocycles. The minimum atomic E-state index is -3.32. The summed E-state index contributed by atoms with van der Waals surface area (Å²) in [5.41, 5.74) is 1.11. The lowest BCUT2D eigenvalue weighted by Crippen LogP contribution is -2.52. The number of likely N-dealkylation sites (N-methyl/N-ethyl adjacent to an activating group) is 1. The van der Waals surface area contributed by atoms with Crippen LogP contribution in [0.3, 0.4) is 0 Å². The van der Waals surface area contributed by atoms with E-state index >= 15 is 0 Å². The summed E-state index contributed by atoms with van der Waals surface area (Å²) in [6, 6.07) is 5.03. The molecular weight excluding hydrogens is 288 g/mol. The van der Waals surface area contributed by atoms with E-state index in [-0.39, 0.29) is 16.8 Å². The maximum Gasteiger partial charge on any atom is 0.254 e. The molecule has 0 bridgehead atoms. The number of carbonyl (C=O) groups excluding carboxylic acids is 1.